The van der Waals surface area contributed by atoms with Crippen molar-refractivity contribution in [3.05, 3.63) is 53.6 Å². The van der Waals surface area contributed by atoms with Gasteiger partial charge in [-0.05, 0) is 51.5 Å². The number of nitrogens with zero attached hydrogens (tertiary/aromatic N) is 5. The first-order valence-corrected chi connectivity index (χ1v) is 12.4. The van der Waals surface area contributed by atoms with E-state index in [1.54, 1.807) is 44.9 Å². The van der Waals surface area contributed by atoms with Crippen LogP contribution >= 0.6 is 0 Å². The van der Waals surface area contributed by atoms with Crippen molar-refractivity contribution in [1.29, 1.82) is 0 Å². The molecule has 2 fully saturated rings. The van der Waals surface area contributed by atoms with Crippen LogP contribution in [0.4, 0.5) is 15.0 Å². The summed E-state index contributed by atoms with van der Waals surface area (Å²) in [5.74, 6) is -0.778. The minimum absolute atomic E-state index is 0.0149. The highest BCUT2D eigenvalue weighted by atomic mass is 19.1. The van der Waals surface area contributed by atoms with E-state index >= 15 is 0 Å². The van der Waals surface area contributed by atoms with Crippen molar-refractivity contribution < 1.29 is 18.7 Å². The highest BCUT2D eigenvalue weighted by molar-refractivity contribution is 6.03. The van der Waals surface area contributed by atoms with Crippen molar-refractivity contribution in [2.75, 3.05) is 18.8 Å². The van der Waals surface area contributed by atoms with Crippen LogP contribution in [0.2, 0.25) is 0 Å². The van der Waals surface area contributed by atoms with Crippen molar-refractivity contribution in [3.8, 4) is 11.3 Å². The van der Waals surface area contributed by atoms with Gasteiger partial charge in [0.25, 0.3) is 5.91 Å². The first-order valence-electron chi connectivity index (χ1n) is 12.4. The Kier molecular flexibility index (Phi) is 5.96. The molecule has 1 aliphatic carbocycles. The quantitative estimate of drug-likeness (QED) is 0.540. The van der Waals surface area contributed by atoms with Crippen molar-refractivity contribution in [2.24, 2.45) is 11.1 Å². The molecule has 2 aromatic heterocycles. The number of carbonyl (C=O) groups is 2. The zero-order valence-corrected chi connectivity index (χ0v) is 21.3. The average Bonchev–Trinajstić information content (AvgIpc) is 3.50. The van der Waals surface area contributed by atoms with Crippen LogP contribution in [-0.2, 0) is 11.3 Å². The third kappa shape index (κ3) is 4.77. The first-order chi connectivity index (χ1) is 17.4. The molecule has 2 aliphatic rings. The summed E-state index contributed by atoms with van der Waals surface area (Å²) in [6.45, 7) is 7.07. The summed E-state index contributed by atoms with van der Waals surface area (Å²) >= 11 is 0. The largest absolute Gasteiger partial charge is 0.444 e. The predicted molar refractivity (Wildman–Crippen MR) is 135 cm³/mol. The summed E-state index contributed by atoms with van der Waals surface area (Å²) in [6, 6.07) is 6.47. The molecule has 1 saturated carbocycles. The second-order valence-electron chi connectivity index (χ2n) is 11.1. The number of halogens is 1. The van der Waals surface area contributed by atoms with Crippen molar-refractivity contribution in [1.82, 2.24) is 24.5 Å². The molecule has 0 radical (unpaired) electrons. The molecule has 11 heteroatoms. The number of nitrogens with two attached hydrogens (primary N) is 2. The maximum Gasteiger partial charge on any atom is 0.410 e. The Morgan fingerprint density at radius 3 is 2.65 bits per heavy atom. The van der Waals surface area contributed by atoms with Crippen LogP contribution in [0.5, 0.6) is 0 Å². The Balaban J connectivity index is 1.32. The lowest BCUT2D eigenvalue weighted by atomic mass is 9.65. The molecular weight excluding hydrogens is 477 g/mol. The molecule has 1 aliphatic heterocycles. The molecule has 0 bridgehead atoms. The third-order valence-electron chi connectivity index (χ3n) is 7.16. The number of amides is 2. The molecule has 1 aromatic carbocycles. The van der Waals surface area contributed by atoms with Crippen LogP contribution in [0.3, 0.4) is 0 Å². The lowest BCUT2D eigenvalue weighted by Crippen LogP contribution is -2.43. The highest BCUT2D eigenvalue weighted by Gasteiger charge is 2.51. The second kappa shape index (κ2) is 8.89. The number of hydrogen-bond acceptors (Lipinski definition) is 6. The van der Waals surface area contributed by atoms with Gasteiger partial charge in [-0.1, -0.05) is 18.2 Å². The van der Waals surface area contributed by atoms with E-state index in [0.717, 1.165) is 19.3 Å². The number of ether oxygens (including phenoxy) is 1. The number of likely N-dealkylation sites (tertiary alicyclic amines) is 1. The smallest absolute Gasteiger partial charge is 0.410 e. The lowest BCUT2D eigenvalue weighted by molar-refractivity contribution is 0.0187. The minimum Gasteiger partial charge on any atom is -0.444 e. The normalized spacial score (nSPS) is 21.3. The van der Waals surface area contributed by atoms with Gasteiger partial charge >= 0.3 is 6.09 Å². The summed E-state index contributed by atoms with van der Waals surface area (Å²) in [7, 11) is 0. The molecule has 0 unspecified atom stereocenters. The number of primary amides is 1. The lowest BCUT2D eigenvalue weighted by Gasteiger charge is -2.45. The Labute approximate surface area is 214 Å². The van der Waals surface area contributed by atoms with Gasteiger partial charge < -0.3 is 21.1 Å². The number of carbonyl (C=O) groups excluding carboxylic acids is 2. The van der Waals surface area contributed by atoms with Crippen LogP contribution < -0.4 is 11.5 Å². The SMILES string of the molecule is CC(C)(C)OC(=O)N1CC[C@]2(C1)C[C@H](n1nc(-c3cnn(Cc4ccccc4F)c3)c(C(N)=O)c1N)C2. The number of nitrogen functional groups attached to an aromatic ring is 1. The molecule has 1 spiro atoms. The van der Waals surface area contributed by atoms with E-state index in [2.05, 4.69) is 10.2 Å². The Morgan fingerprint density at radius 1 is 1.24 bits per heavy atom. The zero-order chi connectivity index (χ0) is 26.5. The molecule has 37 heavy (non-hydrogen) atoms. The van der Waals surface area contributed by atoms with E-state index in [1.807, 2.05) is 20.8 Å². The van der Waals surface area contributed by atoms with E-state index in [4.69, 9.17) is 16.2 Å². The van der Waals surface area contributed by atoms with Crippen molar-refractivity contribution in [3.63, 3.8) is 0 Å². The number of rotatable bonds is 5. The molecule has 5 rings (SSSR count). The Morgan fingerprint density at radius 2 is 1.97 bits per heavy atom. The van der Waals surface area contributed by atoms with Crippen molar-refractivity contribution in [2.45, 2.75) is 58.2 Å². The molecule has 10 nitrogen and oxygen atoms in total. The van der Waals surface area contributed by atoms with E-state index in [1.165, 1.54) is 6.07 Å². The van der Waals surface area contributed by atoms with Gasteiger partial charge in [-0.15, -0.1) is 0 Å². The van der Waals surface area contributed by atoms with E-state index in [-0.39, 0.29) is 41.3 Å². The molecule has 0 atom stereocenters. The number of benzene rings is 1. The summed E-state index contributed by atoms with van der Waals surface area (Å²) in [4.78, 5) is 26.6. The molecule has 3 aromatic rings. The highest BCUT2D eigenvalue weighted by Crippen LogP contribution is 2.55. The average molecular weight is 510 g/mol. The Bertz CT molecular complexity index is 1350. The monoisotopic (exact) mass is 509 g/mol. The molecule has 2 amide bonds. The molecule has 4 N–H and O–H groups in total. The molecule has 196 valence electrons. The van der Waals surface area contributed by atoms with Crippen molar-refractivity contribution >= 4 is 17.8 Å². The first kappa shape index (κ1) is 24.8. The zero-order valence-electron chi connectivity index (χ0n) is 21.3. The number of anilines is 1. The van der Waals surface area contributed by atoms with E-state index in [9.17, 15) is 14.0 Å². The maximum atomic E-state index is 14.1. The van der Waals surface area contributed by atoms with Crippen LogP contribution in [0.25, 0.3) is 11.3 Å². The van der Waals surface area contributed by atoms with E-state index < -0.39 is 11.5 Å². The standard InChI is InChI=1S/C26H32FN7O3/c1-25(2,3)37-24(36)32-9-8-26(15-32)10-18(11-26)34-22(28)20(23(29)35)21(31-34)17-12-30-33(14-17)13-16-6-4-5-7-19(16)27/h4-7,12,14,18H,8-11,13,15,28H2,1-3H3,(H2,29,35)/t18-,26-. The Hall–Kier alpha value is -3.89. The van der Waals surface area contributed by atoms with Gasteiger partial charge in [0.1, 0.15) is 28.5 Å². The van der Waals surface area contributed by atoms with Gasteiger partial charge in [0.15, 0.2) is 0 Å². The maximum absolute atomic E-state index is 14.1. The summed E-state index contributed by atoms with van der Waals surface area (Å²) in [6.07, 6.45) is 5.41. The number of aromatic nitrogens is 4. The second-order valence-corrected chi connectivity index (χ2v) is 11.1. The van der Waals surface area contributed by atoms with Gasteiger partial charge in [-0.3, -0.25) is 9.48 Å². The fraction of sp³-hybridized carbons (Fsp3) is 0.462. The van der Waals surface area contributed by atoms with Crippen LogP contribution in [0.15, 0.2) is 36.7 Å². The minimum atomic E-state index is -0.674. The topological polar surface area (TPSA) is 134 Å². The molecular formula is C26H32FN7O3. The van der Waals surface area contributed by atoms with Gasteiger partial charge in [-0.2, -0.15) is 10.2 Å². The predicted octanol–water partition coefficient (Wildman–Crippen LogP) is 3.58. The summed E-state index contributed by atoms with van der Waals surface area (Å²) in [5.41, 5.74) is 13.1. The third-order valence-corrected chi connectivity index (χ3v) is 7.16. The van der Waals surface area contributed by atoms with Gasteiger partial charge in [0.05, 0.1) is 18.8 Å². The van der Waals surface area contributed by atoms with E-state index in [0.29, 0.717) is 29.9 Å². The van der Waals surface area contributed by atoms with Crippen LogP contribution in [0, 0.1) is 11.2 Å². The van der Waals surface area contributed by atoms with Gasteiger partial charge in [0.2, 0.25) is 0 Å². The van der Waals surface area contributed by atoms with Gasteiger partial charge in [0, 0.05) is 30.4 Å². The fourth-order valence-electron chi connectivity index (χ4n) is 5.41. The van der Waals surface area contributed by atoms with Gasteiger partial charge in [-0.25, -0.2) is 13.9 Å². The molecule has 3 heterocycles. The summed E-state index contributed by atoms with van der Waals surface area (Å²) in [5, 5.41) is 8.99. The van der Waals surface area contributed by atoms with Crippen LogP contribution in [-0.4, -0.2) is 55.2 Å². The summed E-state index contributed by atoms with van der Waals surface area (Å²) < 4.78 is 22.8. The fourth-order valence-corrected chi connectivity index (χ4v) is 5.41. The number of hydrogen-bond donors (Lipinski definition) is 2. The molecule has 1 saturated heterocycles. The van der Waals surface area contributed by atoms with Crippen LogP contribution in [0.1, 0.15) is 62.0 Å².